The number of hydrogen-bond donors (Lipinski definition) is 0. The van der Waals surface area contributed by atoms with Crippen LogP contribution in [0.2, 0.25) is 0 Å². The average molecular weight is 201 g/mol. The van der Waals surface area contributed by atoms with Crippen LogP contribution in [0.15, 0.2) is 36.4 Å². The third-order valence-corrected chi connectivity index (χ3v) is 1.96. The van der Waals surface area contributed by atoms with Crippen LogP contribution in [-0.4, -0.2) is 10.8 Å². The van der Waals surface area contributed by atoms with E-state index in [1.807, 2.05) is 44.2 Å². The van der Waals surface area contributed by atoms with E-state index < -0.39 is 0 Å². The van der Waals surface area contributed by atoms with Crippen LogP contribution in [-0.2, 0) is 0 Å². The summed E-state index contributed by atoms with van der Waals surface area (Å²) in [6.07, 6.45) is 0. The Hall–Kier alpha value is -1.70. The lowest BCUT2D eigenvalue weighted by molar-refractivity contribution is 0.101. The Kier molecular flexibility index (Phi) is 3.98. The van der Waals surface area contributed by atoms with Gasteiger partial charge in [-0.2, -0.15) is 0 Å². The SMILES string of the molecule is CC.CC(=O)c1ccc2ccccc2n1. The van der Waals surface area contributed by atoms with Crippen molar-refractivity contribution in [1.29, 1.82) is 0 Å². The van der Waals surface area contributed by atoms with Gasteiger partial charge in [0.25, 0.3) is 0 Å². The molecular weight excluding hydrogens is 186 g/mol. The van der Waals surface area contributed by atoms with E-state index in [2.05, 4.69) is 4.98 Å². The van der Waals surface area contributed by atoms with E-state index in [-0.39, 0.29) is 5.78 Å². The van der Waals surface area contributed by atoms with Crippen molar-refractivity contribution < 1.29 is 4.79 Å². The highest BCUT2D eigenvalue weighted by Gasteiger charge is 2.00. The van der Waals surface area contributed by atoms with Gasteiger partial charge in [-0.05, 0) is 12.1 Å². The Balaban J connectivity index is 0.000000531. The maximum atomic E-state index is 11.0. The van der Waals surface area contributed by atoms with E-state index in [9.17, 15) is 4.79 Å². The molecule has 0 amide bonds. The minimum atomic E-state index is 0.00533. The summed E-state index contributed by atoms with van der Waals surface area (Å²) in [6, 6.07) is 11.4. The molecule has 0 saturated heterocycles. The molecular formula is C13H15NO. The number of para-hydroxylation sites is 1. The third kappa shape index (κ3) is 2.62. The van der Waals surface area contributed by atoms with E-state index in [4.69, 9.17) is 0 Å². The Bertz CT molecular complexity index is 463. The van der Waals surface area contributed by atoms with Crippen LogP contribution in [0.1, 0.15) is 31.3 Å². The molecule has 2 aromatic rings. The molecule has 0 saturated carbocycles. The molecule has 78 valence electrons. The predicted molar refractivity (Wildman–Crippen MR) is 63.1 cm³/mol. The number of Topliss-reactive ketones (excluding diaryl/α,β-unsaturated/α-hetero) is 1. The molecule has 0 radical (unpaired) electrons. The van der Waals surface area contributed by atoms with Gasteiger partial charge in [0, 0.05) is 12.3 Å². The highest BCUT2D eigenvalue weighted by atomic mass is 16.1. The Morgan fingerprint density at radius 2 is 1.73 bits per heavy atom. The number of rotatable bonds is 1. The van der Waals surface area contributed by atoms with Gasteiger partial charge in [-0.3, -0.25) is 4.79 Å². The quantitative estimate of drug-likeness (QED) is 0.661. The fraction of sp³-hybridized carbons (Fsp3) is 0.231. The summed E-state index contributed by atoms with van der Waals surface area (Å²) in [5.74, 6) is 0.00533. The number of pyridine rings is 1. The standard InChI is InChI=1S/C11H9NO.C2H6/c1-8(13)10-7-6-9-4-2-3-5-11(9)12-10;1-2/h2-7H,1H3;1-2H3. The van der Waals surface area contributed by atoms with E-state index in [1.165, 1.54) is 6.92 Å². The number of hydrogen-bond acceptors (Lipinski definition) is 2. The average Bonchev–Trinajstić information content (AvgIpc) is 2.31. The lowest BCUT2D eigenvalue weighted by atomic mass is 10.2. The monoisotopic (exact) mass is 201 g/mol. The van der Waals surface area contributed by atoms with Gasteiger partial charge in [0.15, 0.2) is 5.78 Å². The second-order valence-corrected chi connectivity index (χ2v) is 2.95. The number of fused-ring (bicyclic) bond motifs is 1. The summed E-state index contributed by atoms with van der Waals surface area (Å²) in [5.41, 5.74) is 1.40. The van der Waals surface area contributed by atoms with Gasteiger partial charge in [0.1, 0.15) is 5.69 Å². The fourth-order valence-electron chi connectivity index (χ4n) is 1.26. The minimum Gasteiger partial charge on any atom is -0.293 e. The molecule has 1 aromatic carbocycles. The van der Waals surface area contributed by atoms with Crippen LogP contribution < -0.4 is 0 Å². The number of ketones is 1. The minimum absolute atomic E-state index is 0.00533. The number of carbonyl (C=O) groups excluding carboxylic acids is 1. The highest BCUT2D eigenvalue weighted by Crippen LogP contribution is 2.11. The molecule has 0 unspecified atom stereocenters. The van der Waals surface area contributed by atoms with Crippen molar-refractivity contribution in [3.05, 3.63) is 42.1 Å². The summed E-state index contributed by atoms with van der Waals surface area (Å²) in [4.78, 5) is 15.3. The lowest BCUT2D eigenvalue weighted by Crippen LogP contribution is -1.95. The molecule has 0 spiro atoms. The normalized spacial score (nSPS) is 9.27. The molecule has 0 fully saturated rings. The molecule has 2 rings (SSSR count). The van der Waals surface area contributed by atoms with Crippen molar-refractivity contribution in [1.82, 2.24) is 4.98 Å². The van der Waals surface area contributed by atoms with Gasteiger partial charge in [0.05, 0.1) is 5.52 Å². The predicted octanol–water partition coefficient (Wildman–Crippen LogP) is 3.46. The van der Waals surface area contributed by atoms with Gasteiger partial charge in [-0.1, -0.05) is 38.1 Å². The molecule has 0 aliphatic heterocycles. The third-order valence-electron chi connectivity index (χ3n) is 1.96. The van der Waals surface area contributed by atoms with Crippen molar-refractivity contribution in [3.63, 3.8) is 0 Å². The molecule has 0 N–H and O–H groups in total. The molecule has 0 aliphatic carbocycles. The van der Waals surface area contributed by atoms with Crippen LogP contribution in [0.5, 0.6) is 0 Å². The van der Waals surface area contributed by atoms with Gasteiger partial charge in [-0.25, -0.2) is 4.98 Å². The van der Waals surface area contributed by atoms with Crippen LogP contribution in [0.4, 0.5) is 0 Å². The second kappa shape index (κ2) is 5.25. The van der Waals surface area contributed by atoms with Gasteiger partial charge in [-0.15, -0.1) is 0 Å². The first-order chi connectivity index (χ1) is 7.27. The summed E-state index contributed by atoms with van der Waals surface area (Å²) >= 11 is 0. The number of benzene rings is 1. The number of aromatic nitrogens is 1. The number of carbonyl (C=O) groups is 1. The van der Waals surface area contributed by atoms with Crippen molar-refractivity contribution in [2.24, 2.45) is 0 Å². The molecule has 2 heteroatoms. The van der Waals surface area contributed by atoms with E-state index >= 15 is 0 Å². The Morgan fingerprint density at radius 3 is 2.40 bits per heavy atom. The van der Waals surface area contributed by atoms with Crippen LogP contribution in [0, 0.1) is 0 Å². The van der Waals surface area contributed by atoms with E-state index in [0.717, 1.165) is 10.9 Å². The van der Waals surface area contributed by atoms with Crippen molar-refractivity contribution >= 4 is 16.7 Å². The Labute approximate surface area is 90.0 Å². The smallest absolute Gasteiger partial charge is 0.178 e. The van der Waals surface area contributed by atoms with Gasteiger partial charge < -0.3 is 0 Å². The molecule has 15 heavy (non-hydrogen) atoms. The fourth-order valence-corrected chi connectivity index (χ4v) is 1.26. The van der Waals surface area contributed by atoms with Crippen LogP contribution in [0.3, 0.4) is 0 Å². The molecule has 1 heterocycles. The molecule has 2 nitrogen and oxygen atoms in total. The first-order valence-corrected chi connectivity index (χ1v) is 5.14. The van der Waals surface area contributed by atoms with Gasteiger partial charge >= 0.3 is 0 Å². The number of nitrogens with zero attached hydrogens (tertiary/aromatic N) is 1. The summed E-state index contributed by atoms with van der Waals surface area (Å²) < 4.78 is 0. The molecule has 0 aliphatic rings. The summed E-state index contributed by atoms with van der Waals surface area (Å²) in [5, 5.41) is 1.06. The van der Waals surface area contributed by atoms with Crippen molar-refractivity contribution in [3.8, 4) is 0 Å². The summed E-state index contributed by atoms with van der Waals surface area (Å²) in [7, 11) is 0. The van der Waals surface area contributed by atoms with Crippen molar-refractivity contribution in [2.45, 2.75) is 20.8 Å². The highest BCUT2D eigenvalue weighted by molar-refractivity contribution is 5.94. The largest absolute Gasteiger partial charge is 0.293 e. The van der Waals surface area contributed by atoms with Crippen LogP contribution >= 0.6 is 0 Å². The zero-order valence-corrected chi connectivity index (χ0v) is 9.32. The molecule has 0 atom stereocenters. The van der Waals surface area contributed by atoms with E-state index in [1.54, 1.807) is 6.07 Å². The van der Waals surface area contributed by atoms with E-state index in [0.29, 0.717) is 5.69 Å². The first kappa shape index (κ1) is 11.4. The molecule has 0 bridgehead atoms. The molecule has 1 aromatic heterocycles. The van der Waals surface area contributed by atoms with Crippen LogP contribution in [0.25, 0.3) is 10.9 Å². The second-order valence-electron chi connectivity index (χ2n) is 2.95. The zero-order chi connectivity index (χ0) is 11.3. The first-order valence-electron chi connectivity index (χ1n) is 5.14. The maximum Gasteiger partial charge on any atom is 0.178 e. The lowest BCUT2D eigenvalue weighted by Gasteiger charge is -1.98. The van der Waals surface area contributed by atoms with Gasteiger partial charge in [0.2, 0.25) is 0 Å². The maximum absolute atomic E-state index is 11.0. The topological polar surface area (TPSA) is 30.0 Å². The zero-order valence-electron chi connectivity index (χ0n) is 9.32. The van der Waals surface area contributed by atoms with Crippen molar-refractivity contribution in [2.75, 3.05) is 0 Å². The Morgan fingerprint density at radius 1 is 1.07 bits per heavy atom. The summed E-state index contributed by atoms with van der Waals surface area (Å²) in [6.45, 7) is 5.52.